The zero-order chi connectivity index (χ0) is 9.30. The van der Waals surface area contributed by atoms with Crippen molar-refractivity contribution in [3.8, 4) is 0 Å². The molecule has 0 unspecified atom stereocenters. The lowest BCUT2D eigenvalue weighted by Crippen LogP contribution is -2.08. The Hall–Kier alpha value is -0.0600. The minimum absolute atomic E-state index is 0.0428. The van der Waals surface area contributed by atoms with Gasteiger partial charge in [0, 0.05) is 15.0 Å². The highest BCUT2D eigenvalue weighted by molar-refractivity contribution is 9.11. The molecule has 0 saturated carbocycles. The summed E-state index contributed by atoms with van der Waals surface area (Å²) in [7, 11) is 0. The highest BCUT2D eigenvalue weighted by atomic mass is 79.9. The van der Waals surface area contributed by atoms with Gasteiger partial charge in [-0.25, -0.2) is 0 Å². The minimum Gasteiger partial charge on any atom is -0.398 e. The van der Waals surface area contributed by atoms with Gasteiger partial charge in [-0.15, -0.1) is 0 Å². The van der Waals surface area contributed by atoms with Crippen LogP contribution in [0.4, 0.5) is 5.69 Å². The Morgan fingerprint density at radius 2 is 1.92 bits per heavy atom. The summed E-state index contributed by atoms with van der Waals surface area (Å²) in [5.74, 6) is 0. The van der Waals surface area contributed by atoms with Crippen LogP contribution in [0.25, 0.3) is 0 Å². The third kappa shape index (κ3) is 2.00. The van der Waals surface area contributed by atoms with Crippen molar-refractivity contribution in [3.63, 3.8) is 0 Å². The monoisotopic (exact) mass is 292 g/mol. The molecule has 12 heavy (non-hydrogen) atoms. The van der Waals surface area contributed by atoms with Crippen LogP contribution >= 0.6 is 31.9 Å². The van der Waals surface area contributed by atoms with Gasteiger partial charge in [0.2, 0.25) is 0 Å². The summed E-state index contributed by atoms with van der Waals surface area (Å²) in [6.45, 7) is 1.91. The van der Waals surface area contributed by atoms with E-state index in [1.54, 1.807) is 0 Å². The molecule has 0 heterocycles. The molecule has 0 spiro atoms. The van der Waals surface area contributed by atoms with Crippen LogP contribution < -0.4 is 11.5 Å². The van der Waals surface area contributed by atoms with Crippen molar-refractivity contribution in [1.29, 1.82) is 0 Å². The van der Waals surface area contributed by atoms with E-state index in [4.69, 9.17) is 11.5 Å². The first kappa shape index (κ1) is 10.0. The predicted molar refractivity (Wildman–Crippen MR) is 58.9 cm³/mol. The average Bonchev–Trinajstić information content (AvgIpc) is 1.96. The molecule has 0 aliphatic heterocycles. The van der Waals surface area contributed by atoms with Gasteiger partial charge in [-0.05, 0) is 40.5 Å². The van der Waals surface area contributed by atoms with Crippen LogP contribution in [0, 0.1) is 0 Å². The minimum atomic E-state index is -0.0428. The lowest BCUT2D eigenvalue weighted by atomic mass is 10.1. The van der Waals surface area contributed by atoms with Crippen molar-refractivity contribution in [3.05, 3.63) is 26.6 Å². The molecule has 4 heteroatoms. The molecule has 4 N–H and O–H groups in total. The average molecular weight is 294 g/mol. The van der Waals surface area contributed by atoms with Crippen LogP contribution in [0.5, 0.6) is 0 Å². The molecule has 0 aliphatic carbocycles. The summed E-state index contributed by atoms with van der Waals surface area (Å²) in [5.41, 5.74) is 13.2. The molecule has 1 aromatic carbocycles. The molecule has 0 saturated heterocycles. The van der Waals surface area contributed by atoms with Gasteiger partial charge in [-0.1, -0.05) is 15.9 Å². The largest absolute Gasteiger partial charge is 0.398 e. The molecule has 66 valence electrons. The first-order valence-electron chi connectivity index (χ1n) is 3.52. The van der Waals surface area contributed by atoms with E-state index >= 15 is 0 Å². The SMILES string of the molecule is C[C@H](N)c1cc(Br)cc(Br)c1N. The Morgan fingerprint density at radius 1 is 1.33 bits per heavy atom. The number of rotatable bonds is 1. The Balaban J connectivity index is 3.28. The molecule has 2 nitrogen and oxygen atoms in total. The molecular formula is C8H10Br2N2. The second kappa shape index (κ2) is 3.77. The number of nitrogens with two attached hydrogens (primary N) is 2. The lowest BCUT2D eigenvalue weighted by Gasteiger charge is -2.11. The van der Waals surface area contributed by atoms with Gasteiger partial charge >= 0.3 is 0 Å². The third-order valence-corrected chi connectivity index (χ3v) is 2.73. The van der Waals surface area contributed by atoms with Gasteiger partial charge in [-0.2, -0.15) is 0 Å². The molecular weight excluding hydrogens is 284 g/mol. The lowest BCUT2D eigenvalue weighted by molar-refractivity contribution is 0.820. The van der Waals surface area contributed by atoms with Crippen molar-refractivity contribution in [2.45, 2.75) is 13.0 Å². The zero-order valence-electron chi connectivity index (χ0n) is 6.64. The number of hydrogen-bond acceptors (Lipinski definition) is 2. The van der Waals surface area contributed by atoms with Crippen LogP contribution in [-0.2, 0) is 0 Å². The van der Waals surface area contributed by atoms with E-state index < -0.39 is 0 Å². The standard InChI is InChI=1S/C8H10Br2N2/c1-4(11)6-2-5(9)3-7(10)8(6)12/h2-4H,11-12H2,1H3/t4-/m0/s1. The number of benzene rings is 1. The van der Waals surface area contributed by atoms with Gasteiger partial charge in [-0.3, -0.25) is 0 Å². The Kier molecular flexibility index (Phi) is 3.15. The fourth-order valence-electron chi connectivity index (χ4n) is 0.981. The van der Waals surface area contributed by atoms with E-state index in [1.807, 2.05) is 19.1 Å². The van der Waals surface area contributed by atoms with Gasteiger partial charge in [0.15, 0.2) is 0 Å². The van der Waals surface area contributed by atoms with E-state index in [-0.39, 0.29) is 6.04 Å². The van der Waals surface area contributed by atoms with Crippen LogP contribution in [-0.4, -0.2) is 0 Å². The molecule has 0 fully saturated rings. The molecule has 0 bridgehead atoms. The van der Waals surface area contributed by atoms with Crippen LogP contribution in [0.2, 0.25) is 0 Å². The maximum absolute atomic E-state index is 5.80. The van der Waals surface area contributed by atoms with E-state index in [0.29, 0.717) is 5.69 Å². The topological polar surface area (TPSA) is 52.0 Å². The number of hydrogen-bond donors (Lipinski definition) is 2. The maximum atomic E-state index is 5.80. The molecule has 1 rings (SSSR count). The summed E-state index contributed by atoms with van der Waals surface area (Å²) >= 11 is 6.73. The van der Waals surface area contributed by atoms with Crippen LogP contribution in [0.1, 0.15) is 18.5 Å². The number of halogens is 2. The first-order valence-corrected chi connectivity index (χ1v) is 5.11. The van der Waals surface area contributed by atoms with E-state index in [1.165, 1.54) is 0 Å². The van der Waals surface area contributed by atoms with Gasteiger partial charge in [0.25, 0.3) is 0 Å². The zero-order valence-corrected chi connectivity index (χ0v) is 9.81. The Labute approximate surface area is 88.6 Å². The highest BCUT2D eigenvalue weighted by Crippen LogP contribution is 2.30. The molecule has 0 radical (unpaired) electrons. The van der Waals surface area contributed by atoms with Gasteiger partial charge < -0.3 is 11.5 Å². The predicted octanol–water partition coefficient (Wildman–Crippen LogP) is 2.81. The van der Waals surface area contributed by atoms with Crippen LogP contribution in [0.3, 0.4) is 0 Å². The second-order valence-corrected chi connectivity index (χ2v) is 4.45. The number of nitrogen functional groups attached to an aromatic ring is 1. The van der Waals surface area contributed by atoms with E-state index in [9.17, 15) is 0 Å². The van der Waals surface area contributed by atoms with Crippen molar-refractivity contribution in [1.82, 2.24) is 0 Å². The summed E-state index contributed by atoms with van der Waals surface area (Å²) in [5, 5.41) is 0. The summed E-state index contributed by atoms with van der Waals surface area (Å²) in [4.78, 5) is 0. The van der Waals surface area contributed by atoms with Crippen molar-refractivity contribution < 1.29 is 0 Å². The van der Waals surface area contributed by atoms with E-state index in [2.05, 4.69) is 31.9 Å². The first-order chi connectivity index (χ1) is 5.52. The normalized spacial score (nSPS) is 13.0. The van der Waals surface area contributed by atoms with Crippen LogP contribution in [0.15, 0.2) is 21.1 Å². The summed E-state index contributed by atoms with van der Waals surface area (Å²) < 4.78 is 1.86. The Bertz CT molecular complexity index is 297. The number of anilines is 1. The molecule has 0 amide bonds. The fourth-order valence-corrected chi connectivity index (χ4v) is 2.24. The van der Waals surface area contributed by atoms with Crippen molar-refractivity contribution in [2.75, 3.05) is 5.73 Å². The Morgan fingerprint density at radius 3 is 2.42 bits per heavy atom. The smallest absolute Gasteiger partial charge is 0.0507 e. The van der Waals surface area contributed by atoms with Gasteiger partial charge in [0.1, 0.15) is 0 Å². The molecule has 0 aromatic heterocycles. The highest BCUT2D eigenvalue weighted by Gasteiger charge is 2.08. The second-order valence-electron chi connectivity index (χ2n) is 2.68. The summed E-state index contributed by atoms with van der Waals surface area (Å²) in [6, 6.07) is 3.80. The van der Waals surface area contributed by atoms with Crippen molar-refractivity contribution >= 4 is 37.5 Å². The van der Waals surface area contributed by atoms with E-state index in [0.717, 1.165) is 14.5 Å². The molecule has 0 aliphatic rings. The fraction of sp³-hybridized carbons (Fsp3) is 0.250. The third-order valence-electron chi connectivity index (χ3n) is 1.62. The molecule has 1 aromatic rings. The van der Waals surface area contributed by atoms with Gasteiger partial charge in [0.05, 0.1) is 5.69 Å². The molecule has 1 atom stereocenters. The summed E-state index contributed by atoms with van der Waals surface area (Å²) in [6.07, 6.45) is 0. The maximum Gasteiger partial charge on any atom is 0.0507 e. The van der Waals surface area contributed by atoms with Crippen molar-refractivity contribution in [2.24, 2.45) is 5.73 Å². The quantitative estimate of drug-likeness (QED) is 0.782.